The molecule has 0 bridgehead atoms. The zero-order chi connectivity index (χ0) is 16.3. The number of hydrogen-bond acceptors (Lipinski definition) is 4. The molecule has 1 aromatic heterocycles. The van der Waals surface area contributed by atoms with Crippen LogP contribution in [0.1, 0.15) is 35.7 Å². The number of nitrogens with zero attached hydrogens (tertiary/aromatic N) is 2. The molecule has 0 spiro atoms. The van der Waals surface area contributed by atoms with Crippen LogP contribution in [0.3, 0.4) is 0 Å². The van der Waals surface area contributed by atoms with E-state index in [1.54, 1.807) is 13.0 Å². The Morgan fingerprint density at radius 3 is 2.55 bits per heavy atom. The molecule has 1 amide bonds. The minimum absolute atomic E-state index is 0.0632. The van der Waals surface area contributed by atoms with Gasteiger partial charge in [0, 0.05) is 22.3 Å². The van der Waals surface area contributed by atoms with Crippen LogP contribution in [0.2, 0.25) is 0 Å². The molecule has 5 nitrogen and oxygen atoms in total. The number of halogens is 1. The number of amides is 1. The molecule has 2 aromatic rings. The van der Waals surface area contributed by atoms with Crippen molar-refractivity contribution in [2.24, 2.45) is 0 Å². The van der Waals surface area contributed by atoms with Crippen LogP contribution >= 0.6 is 15.9 Å². The first kappa shape index (κ1) is 16.4. The summed E-state index contributed by atoms with van der Waals surface area (Å²) in [7, 11) is 0. The summed E-state index contributed by atoms with van der Waals surface area (Å²) in [5.74, 6) is 0.950. The van der Waals surface area contributed by atoms with Crippen molar-refractivity contribution in [1.82, 2.24) is 15.3 Å². The quantitative estimate of drug-likeness (QED) is 0.869. The molecule has 0 saturated heterocycles. The van der Waals surface area contributed by atoms with E-state index in [-0.39, 0.29) is 11.9 Å². The third-order valence-electron chi connectivity index (χ3n) is 2.92. The predicted molar refractivity (Wildman–Crippen MR) is 91.5 cm³/mol. The number of rotatable bonds is 4. The van der Waals surface area contributed by atoms with Crippen LogP contribution in [0, 0.1) is 13.8 Å². The smallest absolute Gasteiger partial charge is 0.270 e. The van der Waals surface area contributed by atoms with Gasteiger partial charge in [0.15, 0.2) is 0 Å². The summed E-state index contributed by atoms with van der Waals surface area (Å²) >= 11 is 3.47. The monoisotopic (exact) mass is 362 g/mol. The summed E-state index contributed by atoms with van der Waals surface area (Å²) in [4.78, 5) is 20.6. The van der Waals surface area contributed by atoms with Crippen molar-refractivity contribution >= 4 is 33.3 Å². The molecule has 6 heteroatoms. The van der Waals surface area contributed by atoms with Gasteiger partial charge in [-0.2, -0.15) is 0 Å². The minimum Gasteiger partial charge on any atom is -0.349 e. The lowest BCUT2D eigenvalue weighted by atomic mass is 10.2. The fraction of sp³-hybridized carbons (Fsp3) is 0.312. The van der Waals surface area contributed by atoms with Crippen molar-refractivity contribution in [3.8, 4) is 0 Å². The second kappa shape index (κ2) is 6.87. The molecule has 0 unspecified atom stereocenters. The Kier molecular flexibility index (Phi) is 5.13. The van der Waals surface area contributed by atoms with Gasteiger partial charge < -0.3 is 10.6 Å². The number of hydrogen-bond donors (Lipinski definition) is 2. The average Bonchev–Trinajstić information content (AvgIpc) is 2.41. The summed E-state index contributed by atoms with van der Waals surface area (Å²) in [6.07, 6.45) is 0. The summed E-state index contributed by atoms with van der Waals surface area (Å²) in [6, 6.07) is 7.64. The molecule has 0 aliphatic rings. The van der Waals surface area contributed by atoms with Gasteiger partial charge in [-0.25, -0.2) is 9.97 Å². The van der Waals surface area contributed by atoms with Gasteiger partial charge in [-0.3, -0.25) is 4.79 Å². The normalized spacial score (nSPS) is 10.6. The summed E-state index contributed by atoms with van der Waals surface area (Å²) in [5, 5.41) is 6.04. The first-order valence-corrected chi connectivity index (χ1v) is 7.84. The first-order chi connectivity index (χ1) is 10.3. The largest absolute Gasteiger partial charge is 0.349 e. The molecule has 1 aromatic carbocycles. The summed E-state index contributed by atoms with van der Waals surface area (Å²) < 4.78 is 1.05. The fourth-order valence-electron chi connectivity index (χ4n) is 1.95. The second-order valence-electron chi connectivity index (χ2n) is 5.40. The maximum absolute atomic E-state index is 12.1. The molecule has 0 saturated carbocycles. The van der Waals surface area contributed by atoms with Gasteiger partial charge in [-0.05, 0) is 51.5 Å². The lowest BCUT2D eigenvalue weighted by molar-refractivity contribution is 0.0937. The van der Waals surface area contributed by atoms with E-state index in [2.05, 4.69) is 36.5 Å². The van der Waals surface area contributed by atoms with E-state index in [9.17, 15) is 4.79 Å². The van der Waals surface area contributed by atoms with E-state index in [4.69, 9.17) is 0 Å². The van der Waals surface area contributed by atoms with Crippen LogP contribution in [-0.4, -0.2) is 21.9 Å². The van der Waals surface area contributed by atoms with Crippen molar-refractivity contribution in [2.75, 3.05) is 5.32 Å². The highest BCUT2D eigenvalue weighted by atomic mass is 79.9. The van der Waals surface area contributed by atoms with E-state index in [1.165, 1.54) is 0 Å². The van der Waals surface area contributed by atoms with Crippen molar-refractivity contribution in [2.45, 2.75) is 33.7 Å². The molecule has 0 aliphatic carbocycles. The molecule has 22 heavy (non-hydrogen) atoms. The van der Waals surface area contributed by atoms with Gasteiger partial charge in [-0.1, -0.05) is 15.9 Å². The Hall–Kier alpha value is -1.95. The van der Waals surface area contributed by atoms with E-state index < -0.39 is 0 Å². The minimum atomic E-state index is -0.199. The Bertz CT molecular complexity index is 701. The lowest BCUT2D eigenvalue weighted by Crippen LogP contribution is -2.31. The van der Waals surface area contributed by atoms with Gasteiger partial charge in [0.2, 0.25) is 0 Å². The van der Waals surface area contributed by atoms with Crippen molar-refractivity contribution in [3.05, 3.63) is 45.8 Å². The number of nitrogens with one attached hydrogen (secondary N) is 2. The predicted octanol–water partition coefficient (Wildman–Crippen LogP) is 3.74. The standard InChI is InChI=1S/C16H19BrN4O/c1-9(2)18-16(22)14-8-15(20-11(4)19-14)21-12-5-6-13(17)10(3)7-12/h5-9H,1-4H3,(H,18,22)(H,19,20,21). The molecule has 0 fully saturated rings. The topological polar surface area (TPSA) is 66.9 Å². The molecular formula is C16H19BrN4O. The van der Waals surface area contributed by atoms with Gasteiger partial charge in [0.1, 0.15) is 17.3 Å². The fourth-order valence-corrected chi connectivity index (χ4v) is 2.20. The molecule has 1 heterocycles. The number of aromatic nitrogens is 2. The molecule has 116 valence electrons. The summed E-state index contributed by atoms with van der Waals surface area (Å²) in [6.45, 7) is 7.61. The van der Waals surface area contributed by atoms with E-state index in [0.29, 0.717) is 17.3 Å². The highest BCUT2D eigenvalue weighted by Gasteiger charge is 2.11. The highest BCUT2D eigenvalue weighted by molar-refractivity contribution is 9.10. The van der Waals surface area contributed by atoms with Gasteiger partial charge in [0.05, 0.1) is 0 Å². The van der Waals surface area contributed by atoms with Crippen LogP contribution in [0.5, 0.6) is 0 Å². The number of carbonyl (C=O) groups excluding carboxylic acids is 1. The Labute approximate surface area is 138 Å². The first-order valence-electron chi connectivity index (χ1n) is 7.05. The van der Waals surface area contributed by atoms with Crippen LogP contribution in [0.15, 0.2) is 28.7 Å². The number of benzene rings is 1. The van der Waals surface area contributed by atoms with Crippen LogP contribution in [0.25, 0.3) is 0 Å². The van der Waals surface area contributed by atoms with Gasteiger partial charge >= 0.3 is 0 Å². The van der Waals surface area contributed by atoms with Crippen molar-refractivity contribution < 1.29 is 4.79 Å². The van der Waals surface area contributed by atoms with Crippen LogP contribution in [-0.2, 0) is 0 Å². The Balaban J connectivity index is 2.26. The van der Waals surface area contributed by atoms with Gasteiger partial charge in [-0.15, -0.1) is 0 Å². The summed E-state index contributed by atoms with van der Waals surface area (Å²) in [5.41, 5.74) is 2.39. The van der Waals surface area contributed by atoms with E-state index >= 15 is 0 Å². The third-order valence-corrected chi connectivity index (χ3v) is 3.81. The maximum Gasteiger partial charge on any atom is 0.270 e. The van der Waals surface area contributed by atoms with Gasteiger partial charge in [0.25, 0.3) is 5.91 Å². The van der Waals surface area contributed by atoms with Crippen molar-refractivity contribution in [3.63, 3.8) is 0 Å². The second-order valence-corrected chi connectivity index (χ2v) is 6.26. The van der Waals surface area contributed by atoms with Crippen molar-refractivity contribution in [1.29, 1.82) is 0 Å². The van der Waals surface area contributed by atoms with E-state index in [1.807, 2.05) is 39.0 Å². The molecule has 0 radical (unpaired) electrons. The maximum atomic E-state index is 12.1. The average molecular weight is 363 g/mol. The molecule has 2 N–H and O–H groups in total. The Morgan fingerprint density at radius 2 is 1.91 bits per heavy atom. The third kappa shape index (κ3) is 4.27. The molecule has 2 rings (SSSR count). The molecule has 0 atom stereocenters. The molecular weight excluding hydrogens is 344 g/mol. The zero-order valence-electron chi connectivity index (χ0n) is 13.1. The number of carbonyl (C=O) groups is 1. The van der Waals surface area contributed by atoms with E-state index in [0.717, 1.165) is 15.7 Å². The molecule has 0 aliphatic heterocycles. The number of aryl methyl sites for hydroxylation is 2. The van der Waals surface area contributed by atoms with Crippen LogP contribution < -0.4 is 10.6 Å². The zero-order valence-corrected chi connectivity index (χ0v) is 14.7. The number of anilines is 2. The Morgan fingerprint density at radius 1 is 1.18 bits per heavy atom. The highest BCUT2D eigenvalue weighted by Crippen LogP contribution is 2.22. The SMILES string of the molecule is Cc1nc(Nc2ccc(Br)c(C)c2)cc(C(=O)NC(C)C)n1. The van der Waals surface area contributed by atoms with Crippen LogP contribution in [0.4, 0.5) is 11.5 Å². The lowest BCUT2D eigenvalue weighted by Gasteiger charge is -2.11.